The standard InChI is InChI=1S/C29H23ClFN7O/c1-39-26-5-3-2-4-24(26)35-27-18(14-32)15-33-29-22(27)12-20(13-23(29)30)34-28(17-6-8-19(31)9-7-17)25-16-38(37-36-25)21-10-11-21/h2-9,12-13,15-16,21,28,34H,10-11H2,1H3,(H,33,35)/t28-/m1/s1/i28D. The molecule has 2 N–H and O–H groups in total. The molecule has 2 heterocycles. The zero-order chi connectivity index (χ0) is 27.9. The molecule has 1 saturated carbocycles. The van der Waals surface area contributed by atoms with Crippen LogP contribution in [0.1, 0.15) is 43.1 Å². The molecule has 2 aromatic heterocycles. The number of nitriles is 1. The van der Waals surface area contributed by atoms with Crippen molar-refractivity contribution in [2.75, 3.05) is 17.7 Å². The van der Waals surface area contributed by atoms with Crippen LogP contribution < -0.4 is 15.4 Å². The van der Waals surface area contributed by atoms with Gasteiger partial charge in [-0.1, -0.05) is 41.1 Å². The number of para-hydroxylation sites is 2. The first-order valence-corrected chi connectivity index (χ1v) is 12.7. The van der Waals surface area contributed by atoms with Gasteiger partial charge in [-0.3, -0.25) is 4.98 Å². The SMILES string of the molecule is [2H][C@@](Nc1cc(Cl)c2ncc(C#N)c(Nc3ccccc3OC)c2c1)(c1ccc(F)cc1)c1cn(C2CC2)nn1. The Bertz CT molecular complexity index is 1770. The molecule has 39 heavy (non-hydrogen) atoms. The molecule has 0 amide bonds. The van der Waals surface area contributed by atoms with E-state index in [9.17, 15) is 11.0 Å². The Morgan fingerprint density at radius 2 is 2.00 bits per heavy atom. The quantitative estimate of drug-likeness (QED) is 0.224. The van der Waals surface area contributed by atoms with E-state index < -0.39 is 11.8 Å². The fourth-order valence-electron chi connectivity index (χ4n) is 4.39. The van der Waals surface area contributed by atoms with Crippen molar-refractivity contribution in [1.29, 1.82) is 5.26 Å². The van der Waals surface area contributed by atoms with Gasteiger partial charge in [0, 0.05) is 17.3 Å². The van der Waals surface area contributed by atoms with Crippen LogP contribution in [0.4, 0.5) is 21.5 Å². The van der Waals surface area contributed by atoms with Crippen molar-refractivity contribution in [2.24, 2.45) is 0 Å². The third-order valence-electron chi connectivity index (χ3n) is 6.50. The Kier molecular flexibility index (Phi) is 6.15. The van der Waals surface area contributed by atoms with Gasteiger partial charge >= 0.3 is 0 Å². The van der Waals surface area contributed by atoms with Gasteiger partial charge < -0.3 is 15.4 Å². The number of methoxy groups -OCH3 is 1. The second-order valence-electron chi connectivity index (χ2n) is 9.16. The molecule has 1 atom stereocenters. The number of nitrogens with one attached hydrogen (secondary N) is 2. The van der Waals surface area contributed by atoms with Gasteiger partial charge in [0.15, 0.2) is 0 Å². The Labute approximate surface area is 230 Å². The molecule has 1 aliphatic carbocycles. The first-order chi connectivity index (χ1) is 19.4. The van der Waals surface area contributed by atoms with E-state index in [0.717, 1.165) is 12.8 Å². The summed E-state index contributed by atoms with van der Waals surface area (Å²) >= 11 is 6.71. The van der Waals surface area contributed by atoms with E-state index in [1.54, 1.807) is 30.1 Å². The lowest BCUT2D eigenvalue weighted by Crippen LogP contribution is -2.13. The molecule has 1 fully saturated rings. The number of fused-ring (bicyclic) bond motifs is 1. The molecule has 0 bridgehead atoms. The first-order valence-electron chi connectivity index (χ1n) is 12.8. The predicted molar refractivity (Wildman–Crippen MR) is 148 cm³/mol. The van der Waals surface area contributed by atoms with Gasteiger partial charge in [0.1, 0.15) is 23.3 Å². The molecular formula is C29H23ClFN7O. The summed E-state index contributed by atoms with van der Waals surface area (Å²) in [6, 6.07) is 17.3. The van der Waals surface area contributed by atoms with E-state index in [2.05, 4.69) is 32.0 Å². The van der Waals surface area contributed by atoms with E-state index in [-0.39, 0.29) is 6.04 Å². The number of hydrogen-bond donors (Lipinski definition) is 2. The molecule has 194 valence electrons. The number of benzene rings is 3. The predicted octanol–water partition coefficient (Wildman–Crippen LogP) is 6.78. The van der Waals surface area contributed by atoms with Crippen molar-refractivity contribution >= 4 is 39.6 Å². The third kappa shape index (κ3) is 4.94. The highest BCUT2D eigenvalue weighted by Crippen LogP contribution is 2.39. The van der Waals surface area contributed by atoms with Gasteiger partial charge in [-0.05, 0) is 54.8 Å². The number of aromatic nitrogens is 4. The average molecular weight is 541 g/mol. The van der Waals surface area contributed by atoms with Crippen LogP contribution in [-0.4, -0.2) is 27.1 Å². The smallest absolute Gasteiger partial charge is 0.142 e. The monoisotopic (exact) mass is 540 g/mol. The van der Waals surface area contributed by atoms with E-state index >= 15 is 0 Å². The van der Waals surface area contributed by atoms with Gasteiger partial charge in [0.25, 0.3) is 0 Å². The lowest BCUT2D eigenvalue weighted by molar-refractivity contribution is 0.417. The minimum atomic E-state index is -1.63. The van der Waals surface area contributed by atoms with E-state index in [1.807, 2.05) is 24.3 Å². The third-order valence-corrected chi connectivity index (χ3v) is 6.79. The van der Waals surface area contributed by atoms with Crippen LogP contribution in [0.15, 0.2) is 73.1 Å². The number of hydrogen-bond acceptors (Lipinski definition) is 7. The highest BCUT2D eigenvalue weighted by molar-refractivity contribution is 6.36. The molecule has 1 aliphatic rings. The maximum atomic E-state index is 13.8. The highest BCUT2D eigenvalue weighted by Gasteiger charge is 2.27. The molecule has 8 nitrogen and oxygen atoms in total. The Morgan fingerprint density at radius 3 is 2.74 bits per heavy atom. The lowest BCUT2D eigenvalue weighted by Gasteiger charge is -2.20. The van der Waals surface area contributed by atoms with Crippen molar-refractivity contribution in [2.45, 2.75) is 24.9 Å². The normalized spacial score (nSPS) is 14.8. The second kappa shape index (κ2) is 10.2. The van der Waals surface area contributed by atoms with Crippen LogP contribution in [0, 0.1) is 17.1 Å². The van der Waals surface area contributed by atoms with Crippen molar-refractivity contribution in [3.05, 3.63) is 101 Å². The number of pyridine rings is 1. The summed E-state index contributed by atoms with van der Waals surface area (Å²) in [6.07, 6.45) is 5.22. The number of ether oxygens (including phenoxy) is 1. The average Bonchev–Trinajstić information content (AvgIpc) is 3.69. The molecule has 3 aromatic carbocycles. The zero-order valence-corrected chi connectivity index (χ0v) is 21.6. The maximum Gasteiger partial charge on any atom is 0.142 e. The van der Waals surface area contributed by atoms with Crippen molar-refractivity contribution in [1.82, 2.24) is 20.0 Å². The van der Waals surface area contributed by atoms with Gasteiger partial charge in [0.2, 0.25) is 0 Å². The fourth-order valence-corrected chi connectivity index (χ4v) is 4.66. The maximum absolute atomic E-state index is 13.8. The summed E-state index contributed by atoms with van der Waals surface area (Å²) in [5.74, 6) is 0.181. The van der Waals surface area contributed by atoms with Crippen LogP contribution in [-0.2, 0) is 0 Å². The number of anilines is 3. The van der Waals surface area contributed by atoms with Gasteiger partial charge in [-0.2, -0.15) is 5.26 Å². The summed E-state index contributed by atoms with van der Waals surface area (Å²) in [6.45, 7) is 0. The minimum absolute atomic E-state index is 0.271. The Hall–Kier alpha value is -4.68. The second-order valence-corrected chi connectivity index (χ2v) is 9.57. The molecule has 5 aromatic rings. The molecule has 0 saturated heterocycles. The molecular weight excluding hydrogens is 517 g/mol. The summed E-state index contributed by atoms with van der Waals surface area (Å²) in [4.78, 5) is 4.42. The fraction of sp³-hybridized carbons (Fsp3) is 0.172. The van der Waals surface area contributed by atoms with Crippen LogP contribution >= 0.6 is 11.6 Å². The topological polar surface area (TPSA) is 101 Å². The van der Waals surface area contributed by atoms with E-state index in [4.69, 9.17) is 16.3 Å². The van der Waals surface area contributed by atoms with E-state index in [1.165, 1.54) is 30.5 Å². The van der Waals surface area contributed by atoms with Crippen LogP contribution in [0.25, 0.3) is 10.9 Å². The van der Waals surface area contributed by atoms with E-state index in [0.29, 0.717) is 55.6 Å². The van der Waals surface area contributed by atoms with Crippen molar-refractivity contribution < 1.29 is 10.5 Å². The van der Waals surface area contributed by atoms with Crippen molar-refractivity contribution in [3.63, 3.8) is 0 Å². The molecule has 10 heteroatoms. The summed E-state index contributed by atoms with van der Waals surface area (Å²) in [5.41, 5.74) is 3.19. The largest absolute Gasteiger partial charge is 0.495 e. The van der Waals surface area contributed by atoms with Gasteiger partial charge in [-0.25, -0.2) is 9.07 Å². The molecule has 6 rings (SSSR count). The molecule has 0 unspecified atom stereocenters. The Balaban J connectivity index is 1.48. The summed E-state index contributed by atoms with van der Waals surface area (Å²) in [7, 11) is 1.57. The highest BCUT2D eigenvalue weighted by atomic mass is 35.5. The first kappa shape index (κ1) is 23.4. The van der Waals surface area contributed by atoms with Crippen LogP contribution in [0.2, 0.25) is 5.02 Å². The Morgan fingerprint density at radius 1 is 1.21 bits per heavy atom. The van der Waals surface area contributed by atoms with Gasteiger partial charge in [0.05, 0.1) is 54.2 Å². The lowest BCUT2D eigenvalue weighted by atomic mass is 10.0. The van der Waals surface area contributed by atoms with Crippen LogP contribution in [0.3, 0.4) is 0 Å². The number of nitrogens with zero attached hydrogens (tertiary/aromatic N) is 5. The summed E-state index contributed by atoms with van der Waals surface area (Å²) < 4.78 is 30.6. The summed E-state index contributed by atoms with van der Waals surface area (Å²) in [5, 5.41) is 25.9. The number of rotatable bonds is 8. The van der Waals surface area contributed by atoms with Crippen LogP contribution in [0.5, 0.6) is 5.75 Å². The van der Waals surface area contributed by atoms with Gasteiger partial charge in [-0.15, -0.1) is 5.10 Å². The molecule has 0 spiro atoms. The molecule has 0 aliphatic heterocycles. The number of halogens is 2. The van der Waals surface area contributed by atoms with Crippen molar-refractivity contribution in [3.8, 4) is 11.8 Å². The minimum Gasteiger partial charge on any atom is -0.495 e. The zero-order valence-electron chi connectivity index (χ0n) is 21.8. The molecule has 0 radical (unpaired) electrons.